The van der Waals surface area contributed by atoms with Crippen LogP contribution in [0.25, 0.3) is 20.4 Å². The number of morpholine rings is 1. The Morgan fingerprint density at radius 1 is 1.31 bits per heavy atom. The van der Waals surface area contributed by atoms with Gasteiger partial charge in [-0.2, -0.15) is 0 Å². The molecule has 4 heterocycles. The molecule has 0 unspecified atom stereocenters. The van der Waals surface area contributed by atoms with Gasteiger partial charge < -0.3 is 15.0 Å². The predicted octanol–water partition coefficient (Wildman–Crippen LogP) is 5.22. The Kier molecular flexibility index (Phi) is 6.08. The van der Waals surface area contributed by atoms with Gasteiger partial charge in [0.05, 0.1) is 33.0 Å². The Hall–Kier alpha value is -2.40. The van der Waals surface area contributed by atoms with Crippen LogP contribution in [-0.4, -0.2) is 55.7 Å². The van der Waals surface area contributed by atoms with Crippen LogP contribution in [0.3, 0.4) is 0 Å². The Morgan fingerprint density at radius 3 is 3.06 bits per heavy atom. The van der Waals surface area contributed by atoms with E-state index in [-0.39, 0.29) is 24.0 Å². The van der Waals surface area contributed by atoms with Gasteiger partial charge in [0.1, 0.15) is 22.5 Å². The van der Waals surface area contributed by atoms with Gasteiger partial charge in [-0.3, -0.25) is 4.79 Å². The van der Waals surface area contributed by atoms with E-state index in [1.54, 1.807) is 17.7 Å². The molecule has 1 aliphatic carbocycles. The lowest BCUT2D eigenvalue weighted by atomic mass is 9.86. The zero-order chi connectivity index (χ0) is 24.1. The Balaban J connectivity index is 1.27. The number of halogens is 1. The molecule has 1 aromatic carbocycles. The van der Waals surface area contributed by atoms with E-state index >= 15 is 0 Å². The largest absolute Gasteiger partial charge is 0.372 e. The third kappa shape index (κ3) is 4.26. The van der Waals surface area contributed by atoms with Crippen LogP contribution in [0.5, 0.6) is 0 Å². The maximum atomic E-state index is 13.4. The number of thiophene rings is 1. The molecule has 6 rings (SSSR count). The number of benzene rings is 1. The molecule has 182 valence electrons. The van der Waals surface area contributed by atoms with Gasteiger partial charge in [0.2, 0.25) is 5.91 Å². The third-order valence-electron chi connectivity index (χ3n) is 6.88. The van der Waals surface area contributed by atoms with Crippen molar-refractivity contribution in [3.63, 3.8) is 0 Å². The van der Waals surface area contributed by atoms with E-state index in [0.29, 0.717) is 18.1 Å². The topological polar surface area (TPSA) is 93.1 Å². The molecule has 0 spiro atoms. The Labute approximate surface area is 215 Å². The molecule has 3 aromatic heterocycles. The first-order valence-corrected chi connectivity index (χ1v) is 13.8. The molecular formula is C24H25ClN6O2S2. The molecule has 2 aliphatic rings. The zero-order valence-corrected chi connectivity index (χ0v) is 21.8. The highest BCUT2D eigenvalue weighted by atomic mass is 35.5. The minimum atomic E-state index is -0.00147. The number of carbonyl (C=O) groups is 1. The Bertz CT molecular complexity index is 1420. The molecule has 0 radical (unpaired) electrons. The fourth-order valence-corrected chi connectivity index (χ4v) is 7.20. The van der Waals surface area contributed by atoms with Gasteiger partial charge in [-0.15, -0.1) is 16.4 Å². The highest BCUT2D eigenvalue weighted by Crippen LogP contribution is 2.42. The first-order chi connectivity index (χ1) is 17.0. The number of rotatable bonds is 4. The van der Waals surface area contributed by atoms with Crippen LogP contribution in [0, 0.1) is 5.92 Å². The van der Waals surface area contributed by atoms with Crippen molar-refractivity contribution in [2.24, 2.45) is 5.92 Å². The minimum Gasteiger partial charge on any atom is -0.372 e. The number of amides is 1. The average Bonchev–Trinajstić information content (AvgIpc) is 3.47. The summed E-state index contributed by atoms with van der Waals surface area (Å²) in [5.74, 6) is 0.992. The molecule has 35 heavy (non-hydrogen) atoms. The van der Waals surface area contributed by atoms with E-state index in [1.807, 2.05) is 17.0 Å². The van der Waals surface area contributed by atoms with Crippen molar-refractivity contribution >= 4 is 72.3 Å². The monoisotopic (exact) mass is 528 g/mol. The van der Waals surface area contributed by atoms with Crippen molar-refractivity contribution in [2.75, 3.05) is 18.4 Å². The second-order valence-corrected chi connectivity index (χ2v) is 11.5. The molecule has 1 saturated heterocycles. The van der Waals surface area contributed by atoms with Crippen LogP contribution in [0.4, 0.5) is 11.5 Å². The van der Waals surface area contributed by atoms with Crippen molar-refractivity contribution in [1.82, 2.24) is 24.5 Å². The van der Waals surface area contributed by atoms with Crippen LogP contribution in [0.2, 0.25) is 5.02 Å². The number of anilines is 2. The molecule has 8 nitrogen and oxygen atoms in total. The van der Waals surface area contributed by atoms with E-state index < -0.39 is 0 Å². The summed E-state index contributed by atoms with van der Waals surface area (Å²) >= 11 is 9.52. The molecule has 0 bridgehead atoms. The molecule has 4 aromatic rings. The van der Waals surface area contributed by atoms with Crippen LogP contribution < -0.4 is 5.32 Å². The summed E-state index contributed by atoms with van der Waals surface area (Å²) in [6, 6.07) is 3.77. The lowest BCUT2D eigenvalue weighted by Gasteiger charge is -2.38. The number of fused-ring (bicyclic) bond motifs is 4. The number of aryl methyl sites for hydroxylation is 1. The van der Waals surface area contributed by atoms with Crippen LogP contribution in [0.1, 0.15) is 37.1 Å². The maximum Gasteiger partial charge on any atom is 0.226 e. The summed E-state index contributed by atoms with van der Waals surface area (Å²) in [6.07, 6.45) is 5.11. The molecule has 1 fully saturated rings. The summed E-state index contributed by atoms with van der Waals surface area (Å²) in [5, 5.41) is 9.11. The zero-order valence-electron chi connectivity index (χ0n) is 19.5. The molecule has 1 aliphatic heterocycles. The van der Waals surface area contributed by atoms with Crippen LogP contribution in [0.15, 0.2) is 18.5 Å². The van der Waals surface area contributed by atoms with Crippen molar-refractivity contribution in [1.29, 1.82) is 0 Å². The SMILES string of the molecule is CC[C@@H]1CN(C(=O)[C@H]2CCc3c(sc4ncnc(Nc5cc6snnc6cc5Cl)c34)C2)C[C@H](C)O1. The number of hydrogen-bond acceptors (Lipinski definition) is 9. The lowest BCUT2D eigenvalue weighted by Crippen LogP contribution is -2.51. The molecule has 0 saturated carbocycles. The van der Waals surface area contributed by atoms with Crippen LogP contribution in [-0.2, 0) is 22.4 Å². The van der Waals surface area contributed by atoms with Gasteiger partial charge in [-0.25, -0.2) is 9.97 Å². The van der Waals surface area contributed by atoms with Crippen molar-refractivity contribution in [3.05, 3.63) is 33.9 Å². The van der Waals surface area contributed by atoms with Crippen molar-refractivity contribution in [2.45, 2.75) is 51.7 Å². The predicted molar refractivity (Wildman–Crippen MR) is 140 cm³/mol. The maximum absolute atomic E-state index is 13.4. The number of nitrogens with zero attached hydrogens (tertiary/aromatic N) is 5. The molecule has 1 amide bonds. The first kappa shape index (κ1) is 23.0. The number of aromatic nitrogens is 4. The smallest absolute Gasteiger partial charge is 0.226 e. The van der Waals surface area contributed by atoms with Gasteiger partial charge in [-0.05, 0) is 61.8 Å². The summed E-state index contributed by atoms with van der Waals surface area (Å²) in [7, 11) is 0. The van der Waals surface area contributed by atoms with E-state index in [1.165, 1.54) is 22.0 Å². The molecule has 1 N–H and O–H groups in total. The van der Waals surface area contributed by atoms with E-state index in [2.05, 4.69) is 38.7 Å². The molecular weight excluding hydrogens is 504 g/mol. The fraction of sp³-hybridized carbons (Fsp3) is 0.458. The average molecular weight is 529 g/mol. The van der Waals surface area contributed by atoms with Gasteiger partial charge >= 0.3 is 0 Å². The first-order valence-electron chi connectivity index (χ1n) is 11.9. The highest BCUT2D eigenvalue weighted by Gasteiger charge is 2.35. The Morgan fingerprint density at radius 2 is 2.20 bits per heavy atom. The summed E-state index contributed by atoms with van der Waals surface area (Å²) in [5.41, 5.74) is 2.79. The molecule has 3 atom stereocenters. The van der Waals surface area contributed by atoms with Crippen molar-refractivity contribution < 1.29 is 9.53 Å². The third-order valence-corrected chi connectivity index (χ3v) is 9.04. The van der Waals surface area contributed by atoms with Gasteiger partial charge in [0.25, 0.3) is 0 Å². The van der Waals surface area contributed by atoms with E-state index in [4.69, 9.17) is 16.3 Å². The van der Waals surface area contributed by atoms with Gasteiger partial charge in [0.15, 0.2) is 0 Å². The number of hydrogen-bond donors (Lipinski definition) is 1. The summed E-state index contributed by atoms with van der Waals surface area (Å²) in [4.78, 5) is 26.7. The quantitative estimate of drug-likeness (QED) is 0.388. The normalized spacial score (nSPS) is 22.5. The van der Waals surface area contributed by atoms with E-state index in [0.717, 1.165) is 57.6 Å². The number of ether oxygens (including phenoxy) is 1. The fourth-order valence-electron chi connectivity index (χ4n) is 5.15. The standard InChI is InChI=1S/C24H25ClN6O2S2/c1-3-14-10-31(9-12(2)33-14)24(32)13-4-5-15-19(6-13)34-23-21(15)22(26-11-27-23)28-17-8-20-18(7-16(17)25)29-30-35-20/h7-8,11-14H,3-6,9-10H2,1-2H3,(H,26,27,28)/t12-,13-,14+/m0/s1. The number of carbonyl (C=O) groups excluding carboxylic acids is 1. The second kappa shape index (κ2) is 9.24. The highest BCUT2D eigenvalue weighted by molar-refractivity contribution is 7.19. The van der Waals surface area contributed by atoms with Crippen molar-refractivity contribution in [3.8, 4) is 0 Å². The van der Waals surface area contributed by atoms with Gasteiger partial charge in [0, 0.05) is 23.9 Å². The number of nitrogens with one attached hydrogen (secondary N) is 1. The minimum absolute atomic E-state index is 0.00147. The van der Waals surface area contributed by atoms with E-state index in [9.17, 15) is 4.79 Å². The van der Waals surface area contributed by atoms with Crippen LogP contribution >= 0.6 is 34.5 Å². The lowest BCUT2D eigenvalue weighted by molar-refractivity contribution is -0.149. The molecule has 11 heteroatoms. The van der Waals surface area contributed by atoms with Gasteiger partial charge in [-0.1, -0.05) is 23.0 Å². The second-order valence-electron chi connectivity index (χ2n) is 9.26. The summed E-state index contributed by atoms with van der Waals surface area (Å²) in [6.45, 7) is 5.53. The summed E-state index contributed by atoms with van der Waals surface area (Å²) < 4.78 is 10.9.